The first-order chi connectivity index (χ1) is 15.0. The van der Waals surface area contributed by atoms with Crippen molar-refractivity contribution in [2.75, 3.05) is 20.3 Å². The molecule has 0 N–H and O–H groups in total. The van der Waals surface area contributed by atoms with Crippen molar-refractivity contribution in [3.05, 3.63) is 87.5 Å². The van der Waals surface area contributed by atoms with Gasteiger partial charge in [-0.25, -0.2) is 4.79 Å². The third kappa shape index (κ3) is 3.82. The van der Waals surface area contributed by atoms with E-state index in [4.69, 9.17) is 9.47 Å². The summed E-state index contributed by atoms with van der Waals surface area (Å²) in [6.45, 7) is 4.43. The van der Waals surface area contributed by atoms with Gasteiger partial charge in [0.15, 0.2) is 0 Å². The number of rotatable bonds is 6. The quantitative estimate of drug-likeness (QED) is 0.270. The number of esters is 1. The number of ether oxygens (including phenoxy) is 2. The van der Waals surface area contributed by atoms with Crippen LogP contribution in [0.2, 0.25) is 0 Å². The van der Waals surface area contributed by atoms with Gasteiger partial charge in [-0.3, -0.25) is 9.78 Å². The van der Waals surface area contributed by atoms with E-state index in [0.29, 0.717) is 40.9 Å². The summed E-state index contributed by atoms with van der Waals surface area (Å²) >= 11 is 0. The smallest absolute Gasteiger partial charge is 0.340 e. The molecule has 0 saturated heterocycles. The van der Waals surface area contributed by atoms with E-state index in [1.165, 1.54) is 0 Å². The molecule has 0 saturated carbocycles. The summed E-state index contributed by atoms with van der Waals surface area (Å²) in [7, 11) is 1.55. The van der Waals surface area contributed by atoms with Crippen molar-refractivity contribution in [2.45, 2.75) is 20.4 Å². The number of aromatic nitrogens is 2. The molecule has 6 nitrogen and oxygen atoms in total. The number of nitrogens with zero attached hydrogens (tertiary/aromatic N) is 2. The third-order valence-corrected chi connectivity index (χ3v) is 5.39. The molecule has 158 valence electrons. The zero-order valence-electron chi connectivity index (χ0n) is 17.8. The molecule has 0 aliphatic carbocycles. The predicted octanol–water partition coefficient (Wildman–Crippen LogP) is 4.02. The highest BCUT2D eigenvalue weighted by molar-refractivity contribution is 6.16. The monoisotopic (exact) mass is 416 g/mol. The Balaban J connectivity index is 2.03. The normalized spacial score (nSPS) is 11.2. The Morgan fingerprint density at radius 2 is 1.65 bits per heavy atom. The van der Waals surface area contributed by atoms with E-state index in [1.54, 1.807) is 25.5 Å². The van der Waals surface area contributed by atoms with Crippen LogP contribution < -0.4 is 5.56 Å². The van der Waals surface area contributed by atoms with Gasteiger partial charge < -0.3 is 14.0 Å². The van der Waals surface area contributed by atoms with Crippen LogP contribution in [0.5, 0.6) is 0 Å². The van der Waals surface area contributed by atoms with Crippen LogP contribution in [-0.2, 0) is 16.0 Å². The fourth-order valence-corrected chi connectivity index (χ4v) is 4.01. The Morgan fingerprint density at radius 3 is 2.39 bits per heavy atom. The van der Waals surface area contributed by atoms with Crippen LogP contribution in [0.1, 0.15) is 27.3 Å². The standard InChI is InChI=1S/C25H24N2O4/c1-16-21-23(22(17(2)26-16)25(29)31-14-13-30-3)19-11-7-8-12-20(19)27(24(21)28)15-18-9-5-4-6-10-18/h4-12H,13-15H2,1-3H3. The molecule has 0 bridgehead atoms. The number of carbonyl (C=O) groups is 1. The molecule has 31 heavy (non-hydrogen) atoms. The van der Waals surface area contributed by atoms with Crippen LogP contribution in [0.25, 0.3) is 21.7 Å². The van der Waals surface area contributed by atoms with Crippen LogP contribution >= 0.6 is 0 Å². The van der Waals surface area contributed by atoms with Gasteiger partial charge >= 0.3 is 5.97 Å². The topological polar surface area (TPSA) is 70.4 Å². The molecule has 0 fully saturated rings. The summed E-state index contributed by atoms with van der Waals surface area (Å²) in [5.41, 5.74) is 3.08. The van der Waals surface area contributed by atoms with Crippen molar-refractivity contribution in [1.82, 2.24) is 9.55 Å². The van der Waals surface area contributed by atoms with Crippen LogP contribution in [0.3, 0.4) is 0 Å². The summed E-state index contributed by atoms with van der Waals surface area (Å²) < 4.78 is 12.1. The maximum absolute atomic E-state index is 13.7. The third-order valence-electron chi connectivity index (χ3n) is 5.39. The predicted molar refractivity (Wildman–Crippen MR) is 121 cm³/mol. The lowest BCUT2D eigenvalue weighted by atomic mass is 9.98. The Kier molecular flexibility index (Phi) is 5.82. The Labute approximate surface area is 180 Å². The van der Waals surface area contributed by atoms with Gasteiger partial charge in [-0.2, -0.15) is 0 Å². The summed E-state index contributed by atoms with van der Waals surface area (Å²) in [6, 6.07) is 17.5. The SMILES string of the molecule is COCCOC(=O)c1c(C)nc(C)c2c(=O)n(Cc3ccccc3)c3ccccc3c12. The number of benzene rings is 2. The minimum atomic E-state index is -0.502. The number of para-hydroxylation sites is 1. The maximum Gasteiger partial charge on any atom is 0.340 e. The van der Waals surface area contributed by atoms with Crippen LogP contribution in [0, 0.1) is 13.8 Å². The van der Waals surface area contributed by atoms with E-state index < -0.39 is 5.97 Å². The fourth-order valence-electron chi connectivity index (χ4n) is 4.01. The van der Waals surface area contributed by atoms with Crippen molar-refractivity contribution in [1.29, 1.82) is 0 Å². The second-order valence-electron chi connectivity index (χ2n) is 7.43. The average molecular weight is 416 g/mol. The number of pyridine rings is 2. The van der Waals surface area contributed by atoms with Gasteiger partial charge in [0.1, 0.15) is 6.61 Å². The number of carbonyl (C=O) groups excluding carboxylic acids is 1. The fraction of sp³-hybridized carbons (Fsp3) is 0.240. The minimum absolute atomic E-state index is 0.132. The first kappa shape index (κ1) is 20.8. The lowest BCUT2D eigenvalue weighted by molar-refractivity contribution is 0.0389. The maximum atomic E-state index is 13.7. The van der Waals surface area contributed by atoms with Gasteiger partial charge in [0.2, 0.25) is 0 Å². The molecule has 2 heterocycles. The Bertz CT molecular complexity index is 1330. The Morgan fingerprint density at radius 1 is 0.935 bits per heavy atom. The van der Waals surface area contributed by atoms with Crippen molar-refractivity contribution < 1.29 is 14.3 Å². The highest BCUT2D eigenvalue weighted by Crippen LogP contribution is 2.30. The molecule has 0 aliphatic heterocycles. The summed E-state index contributed by atoms with van der Waals surface area (Å²) in [5.74, 6) is -0.502. The van der Waals surface area contributed by atoms with E-state index >= 15 is 0 Å². The molecule has 0 atom stereocenters. The lowest BCUT2D eigenvalue weighted by Gasteiger charge is -2.17. The zero-order valence-corrected chi connectivity index (χ0v) is 17.8. The summed E-state index contributed by atoms with van der Waals surface area (Å²) in [6.07, 6.45) is 0. The van der Waals surface area contributed by atoms with Crippen LogP contribution in [-0.4, -0.2) is 35.8 Å². The number of hydrogen-bond donors (Lipinski definition) is 0. The van der Waals surface area contributed by atoms with Gasteiger partial charge in [0, 0.05) is 17.9 Å². The highest BCUT2D eigenvalue weighted by Gasteiger charge is 2.23. The molecule has 6 heteroatoms. The zero-order chi connectivity index (χ0) is 22.0. The molecular weight excluding hydrogens is 392 g/mol. The summed E-state index contributed by atoms with van der Waals surface area (Å²) in [5, 5.41) is 1.86. The van der Waals surface area contributed by atoms with Crippen molar-refractivity contribution in [3.8, 4) is 0 Å². The van der Waals surface area contributed by atoms with Crippen molar-refractivity contribution in [3.63, 3.8) is 0 Å². The van der Waals surface area contributed by atoms with E-state index in [9.17, 15) is 9.59 Å². The van der Waals surface area contributed by atoms with Crippen LogP contribution in [0.15, 0.2) is 59.4 Å². The molecule has 0 amide bonds. The lowest BCUT2D eigenvalue weighted by Crippen LogP contribution is -2.24. The molecule has 2 aromatic carbocycles. The molecule has 0 unspecified atom stereocenters. The number of fused-ring (bicyclic) bond motifs is 3. The number of hydrogen-bond acceptors (Lipinski definition) is 5. The molecule has 0 aliphatic rings. The van der Waals surface area contributed by atoms with Crippen molar-refractivity contribution in [2.24, 2.45) is 0 Å². The molecular formula is C25H24N2O4. The van der Waals surface area contributed by atoms with E-state index in [0.717, 1.165) is 16.5 Å². The number of aryl methyl sites for hydroxylation is 2. The second kappa shape index (κ2) is 8.70. The molecule has 0 spiro atoms. The van der Waals surface area contributed by atoms with Gasteiger partial charge in [0.05, 0.1) is 41.0 Å². The van der Waals surface area contributed by atoms with Gasteiger partial charge in [0.25, 0.3) is 5.56 Å². The molecule has 0 radical (unpaired) electrons. The van der Waals surface area contributed by atoms with Gasteiger partial charge in [-0.1, -0.05) is 48.5 Å². The average Bonchev–Trinajstić information content (AvgIpc) is 2.77. The second-order valence-corrected chi connectivity index (χ2v) is 7.43. The summed E-state index contributed by atoms with van der Waals surface area (Å²) in [4.78, 5) is 31.2. The van der Waals surface area contributed by atoms with E-state index in [-0.39, 0.29) is 12.2 Å². The van der Waals surface area contributed by atoms with E-state index in [2.05, 4.69) is 4.98 Å². The highest BCUT2D eigenvalue weighted by atomic mass is 16.6. The first-order valence-corrected chi connectivity index (χ1v) is 10.2. The van der Waals surface area contributed by atoms with Gasteiger partial charge in [-0.15, -0.1) is 0 Å². The molecule has 4 rings (SSSR count). The Hall–Kier alpha value is -3.51. The van der Waals surface area contributed by atoms with Crippen LogP contribution in [0.4, 0.5) is 0 Å². The van der Waals surface area contributed by atoms with E-state index in [1.807, 2.05) is 54.6 Å². The molecule has 2 aromatic heterocycles. The van der Waals surface area contributed by atoms with Gasteiger partial charge in [-0.05, 0) is 25.5 Å². The van der Waals surface area contributed by atoms with Crippen molar-refractivity contribution >= 4 is 27.6 Å². The first-order valence-electron chi connectivity index (χ1n) is 10.2. The minimum Gasteiger partial charge on any atom is -0.460 e. The number of methoxy groups -OCH3 is 1. The molecule has 4 aromatic rings. The largest absolute Gasteiger partial charge is 0.460 e.